The van der Waals surface area contributed by atoms with E-state index in [-0.39, 0.29) is 5.60 Å². The fourth-order valence-corrected chi connectivity index (χ4v) is 2.80. The summed E-state index contributed by atoms with van der Waals surface area (Å²) in [7, 11) is 1.80. The van der Waals surface area contributed by atoms with Crippen LogP contribution in [0.3, 0.4) is 0 Å². The molecule has 0 aromatic rings. The lowest BCUT2D eigenvalue weighted by Crippen LogP contribution is -2.53. The zero-order chi connectivity index (χ0) is 11.6. The van der Waals surface area contributed by atoms with E-state index in [2.05, 4.69) is 11.8 Å². The molecule has 0 aromatic carbocycles. The lowest BCUT2D eigenvalue weighted by molar-refractivity contribution is -0.0528. The molecule has 94 valence electrons. The highest BCUT2D eigenvalue weighted by atomic mass is 16.5. The summed E-state index contributed by atoms with van der Waals surface area (Å²) in [5, 5.41) is 0. The van der Waals surface area contributed by atoms with Crippen molar-refractivity contribution >= 4 is 0 Å². The van der Waals surface area contributed by atoms with Gasteiger partial charge in [-0.1, -0.05) is 0 Å². The fraction of sp³-hybridized carbons (Fsp3) is 1.00. The van der Waals surface area contributed by atoms with Gasteiger partial charge in [-0.2, -0.15) is 0 Å². The van der Waals surface area contributed by atoms with Crippen molar-refractivity contribution in [1.29, 1.82) is 0 Å². The van der Waals surface area contributed by atoms with Gasteiger partial charge in [0.15, 0.2) is 0 Å². The van der Waals surface area contributed by atoms with Gasteiger partial charge < -0.3 is 15.2 Å². The fourth-order valence-electron chi connectivity index (χ4n) is 2.80. The monoisotopic (exact) mass is 228 g/mol. The van der Waals surface area contributed by atoms with E-state index in [1.54, 1.807) is 7.11 Å². The second-order valence-electron chi connectivity index (χ2n) is 5.29. The van der Waals surface area contributed by atoms with E-state index in [1.165, 1.54) is 0 Å². The van der Waals surface area contributed by atoms with Crippen molar-refractivity contribution in [2.45, 2.75) is 43.9 Å². The van der Waals surface area contributed by atoms with Crippen LogP contribution in [0.2, 0.25) is 0 Å². The van der Waals surface area contributed by atoms with Crippen molar-refractivity contribution in [3.63, 3.8) is 0 Å². The molecule has 0 aliphatic carbocycles. The largest absolute Gasteiger partial charge is 0.378 e. The summed E-state index contributed by atoms with van der Waals surface area (Å²) in [6.45, 7) is 5.90. The molecule has 2 heterocycles. The van der Waals surface area contributed by atoms with Gasteiger partial charge in [0, 0.05) is 45.3 Å². The van der Waals surface area contributed by atoms with Gasteiger partial charge in [0.05, 0.1) is 6.61 Å². The topological polar surface area (TPSA) is 47.7 Å². The molecule has 3 atom stereocenters. The third-order valence-electron chi connectivity index (χ3n) is 4.05. The molecule has 0 radical (unpaired) electrons. The maximum absolute atomic E-state index is 5.98. The molecule has 0 saturated carbocycles. The molecule has 2 aliphatic rings. The van der Waals surface area contributed by atoms with Crippen LogP contribution in [-0.4, -0.2) is 56.0 Å². The number of nitrogens with zero attached hydrogens (tertiary/aromatic N) is 1. The Hall–Kier alpha value is -0.160. The summed E-state index contributed by atoms with van der Waals surface area (Å²) in [5.74, 6) is 0. The van der Waals surface area contributed by atoms with Crippen molar-refractivity contribution in [3.8, 4) is 0 Å². The highest BCUT2D eigenvalue weighted by molar-refractivity contribution is 4.91. The Balaban J connectivity index is 1.92. The quantitative estimate of drug-likeness (QED) is 0.768. The standard InChI is InChI=1S/C12H24N2O2/c1-10-7-11(13)3-5-14(10)8-12(15-2)4-6-16-9-12/h10-11H,3-9,13H2,1-2H3. The lowest BCUT2D eigenvalue weighted by atomic mass is 9.95. The second-order valence-corrected chi connectivity index (χ2v) is 5.29. The van der Waals surface area contributed by atoms with Crippen LogP contribution in [0.25, 0.3) is 0 Å². The van der Waals surface area contributed by atoms with E-state index in [9.17, 15) is 0 Å². The minimum atomic E-state index is -0.0737. The van der Waals surface area contributed by atoms with Gasteiger partial charge in [0.25, 0.3) is 0 Å². The zero-order valence-corrected chi connectivity index (χ0v) is 10.4. The zero-order valence-electron chi connectivity index (χ0n) is 10.4. The molecule has 2 N–H and O–H groups in total. The van der Waals surface area contributed by atoms with Crippen molar-refractivity contribution in [2.75, 3.05) is 33.4 Å². The van der Waals surface area contributed by atoms with Crippen molar-refractivity contribution in [1.82, 2.24) is 4.90 Å². The smallest absolute Gasteiger partial charge is 0.106 e. The van der Waals surface area contributed by atoms with Gasteiger partial charge in [0.2, 0.25) is 0 Å². The predicted octanol–water partition coefficient (Wildman–Crippen LogP) is 0.604. The van der Waals surface area contributed by atoms with Crippen LogP contribution in [0.15, 0.2) is 0 Å². The second kappa shape index (κ2) is 5.00. The van der Waals surface area contributed by atoms with Gasteiger partial charge in [0.1, 0.15) is 5.60 Å². The molecule has 2 rings (SSSR count). The van der Waals surface area contributed by atoms with Crippen LogP contribution in [0.4, 0.5) is 0 Å². The maximum atomic E-state index is 5.98. The molecule has 0 amide bonds. The summed E-state index contributed by atoms with van der Waals surface area (Å²) >= 11 is 0. The Bertz CT molecular complexity index is 229. The van der Waals surface area contributed by atoms with E-state index < -0.39 is 0 Å². The Morgan fingerprint density at radius 3 is 2.94 bits per heavy atom. The predicted molar refractivity (Wildman–Crippen MR) is 63.4 cm³/mol. The Morgan fingerprint density at radius 1 is 1.56 bits per heavy atom. The van der Waals surface area contributed by atoms with E-state index in [0.29, 0.717) is 12.1 Å². The molecular weight excluding hydrogens is 204 g/mol. The number of piperidine rings is 1. The van der Waals surface area contributed by atoms with Crippen molar-refractivity contribution in [2.24, 2.45) is 5.73 Å². The number of hydrogen-bond acceptors (Lipinski definition) is 4. The number of rotatable bonds is 3. The van der Waals surface area contributed by atoms with Gasteiger partial charge in [-0.3, -0.25) is 4.90 Å². The Kier molecular flexibility index (Phi) is 3.85. The maximum Gasteiger partial charge on any atom is 0.106 e. The first-order valence-corrected chi connectivity index (χ1v) is 6.28. The number of likely N-dealkylation sites (tertiary alicyclic amines) is 1. The van der Waals surface area contributed by atoms with Crippen LogP contribution in [0.1, 0.15) is 26.2 Å². The van der Waals surface area contributed by atoms with Crippen LogP contribution < -0.4 is 5.73 Å². The molecule has 2 aliphatic heterocycles. The van der Waals surface area contributed by atoms with Gasteiger partial charge >= 0.3 is 0 Å². The average molecular weight is 228 g/mol. The number of ether oxygens (including phenoxy) is 2. The molecule has 0 bridgehead atoms. The first kappa shape index (κ1) is 12.3. The molecule has 16 heavy (non-hydrogen) atoms. The minimum absolute atomic E-state index is 0.0737. The third kappa shape index (κ3) is 2.56. The van der Waals surface area contributed by atoms with Gasteiger partial charge in [-0.05, 0) is 19.8 Å². The first-order chi connectivity index (χ1) is 7.65. The summed E-state index contributed by atoms with van der Waals surface area (Å²) in [6, 6.07) is 0.945. The van der Waals surface area contributed by atoms with Crippen LogP contribution in [0, 0.1) is 0 Å². The highest BCUT2D eigenvalue weighted by Gasteiger charge is 2.38. The van der Waals surface area contributed by atoms with Crippen molar-refractivity contribution in [3.05, 3.63) is 0 Å². The number of hydrogen-bond donors (Lipinski definition) is 1. The Labute approximate surface area is 98.1 Å². The molecule has 0 aromatic heterocycles. The van der Waals surface area contributed by atoms with Crippen LogP contribution >= 0.6 is 0 Å². The summed E-state index contributed by atoms with van der Waals surface area (Å²) in [6.07, 6.45) is 3.21. The molecule has 4 nitrogen and oxygen atoms in total. The van der Waals surface area contributed by atoms with Gasteiger partial charge in [-0.25, -0.2) is 0 Å². The number of nitrogens with two attached hydrogens (primary N) is 1. The van der Waals surface area contributed by atoms with Crippen LogP contribution in [-0.2, 0) is 9.47 Å². The van der Waals surface area contributed by atoms with E-state index in [0.717, 1.165) is 45.6 Å². The van der Waals surface area contributed by atoms with E-state index in [4.69, 9.17) is 15.2 Å². The molecular formula is C12H24N2O2. The average Bonchev–Trinajstić information content (AvgIpc) is 2.72. The molecule has 2 saturated heterocycles. The Morgan fingerprint density at radius 2 is 2.38 bits per heavy atom. The summed E-state index contributed by atoms with van der Waals surface area (Å²) in [5.41, 5.74) is 5.90. The molecule has 4 heteroatoms. The van der Waals surface area contributed by atoms with E-state index in [1.807, 2.05) is 0 Å². The van der Waals surface area contributed by atoms with Crippen molar-refractivity contribution < 1.29 is 9.47 Å². The first-order valence-electron chi connectivity index (χ1n) is 6.28. The lowest BCUT2D eigenvalue weighted by Gasteiger charge is -2.41. The third-order valence-corrected chi connectivity index (χ3v) is 4.05. The number of methoxy groups -OCH3 is 1. The summed E-state index contributed by atoms with van der Waals surface area (Å²) in [4.78, 5) is 2.50. The van der Waals surface area contributed by atoms with E-state index >= 15 is 0 Å². The molecule has 3 unspecified atom stereocenters. The summed E-state index contributed by atoms with van der Waals surface area (Å²) < 4.78 is 11.2. The SMILES string of the molecule is COC1(CN2CCC(N)CC2C)CCOC1. The molecule has 0 spiro atoms. The normalized spacial score (nSPS) is 41.4. The van der Waals surface area contributed by atoms with Crippen LogP contribution in [0.5, 0.6) is 0 Å². The molecule has 2 fully saturated rings. The minimum Gasteiger partial charge on any atom is -0.378 e. The van der Waals surface area contributed by atoms with Gasteiger partial charge in [-0.15, -0.1) is 0 Å². The highest BCUT2D eigenvalue weighted by Crippen LogP contribution is 2.27.